The van der Waals surface area contributed by atoms with Gasteiger partial charge in [0.1, 0.15) is 17.5 Å². The number of carbonyl (C=O) groups excluding carboxylic acids is 1. The van der Waals surface area contributed by atoms with Crippen LogP contribution in [0.25, 0.3) is 11.0 Å². The molecule has 32 heavy (non-hydrogen) atoms. The number of fused-ring (bicyclic) bond motifs is 1. The van der Waals surface area contributed by atoms with Crippen molar-refractivity contribution in [3.8, 4) is 5.75 Å². The van der Waals surface area contributed by atoms with E-state index in [0.717, 1.165) is 11.1 Å². The van der Waals surface area contributed by atoms with Gasteiger partial charge in [0, 0.05) is 11.6 Å². The normalized spacial score (nSPS) is 10.9. The number of nitrogens with zero attached hydrogens (tertiary/aromatic N) is 4. The first-order chi connectivity index (χ1) is 15.5. The smallest absolute Gasteiger partial charge is 0.264 e. The van der Waals surface area contributed by atoms with Gasteiger partial charge in [-0.25, -0.2) is 9.67 Å². The first kappa shape index (κ1) is 21.6. The van der Waals surface area contributed by atoms with Crippen LogP contribution in [-0.4, -0.2) is 38.4 Å². The molecule has 0 radical (unpaired) electrons. The fourth-order valence-corrected chi connectivity index (χ4v) is 3.44. The predicted molar refractivity (Wildman–Crippen MR) is 122 cm³/mol. The van der Waals surface area contributed by atoms with Crippen molar-refractivity contribution >= 4 is 28.5 Å². The fourth-order valence-electron chi connectivity index (χ4n) is 3.31. The molecule has 0 saturated carbocycles. The summed E-state index contributed by atoms with van der Waals surface area (Å²) in [5.41, 5.74) is 2.51. The number of amides is 1. The van der Waals surface area contributed by atoms with Crippen molar-refractivity contribution in [1.82, 2.24) is 24.6 Å². The molecular weight excluding hydrogens is 430 g/mol. The Morgan fingerprint density at radius 1 is 1.19 bits per heavy atom. The van der Waals surface area contributed by atoms with Gasteiger partial charge >= 0.3 is 0 Å². The maximum Gasteiger partial charge on any atom is 0.264 e. The van der Waals surface area contributed by atoms with Crippen molar-refractivity contribution in [3.63, 3.8) is 0 Å². The summed E-state index contributed by atoms with van der Waals surface area (Å²) in [6, 6.07) is 14.8. The largest absolute Gasteiger partial charge is 0.484 e. The number of hydrogen-bond acceptors (Lipinski definition) is 5. The van der Waals surface area contributed by atoms with Gasteiger partial charge in [0.15, 0.2) is 12.3 Å². The summed E-state index contributed by atoms with van der Waals surface area (Å²) < 4.78 is 8.59. The van der Waals surface area contributed by atoms with Gasteiger partial charge < -0.3 is 10.1 Å². The van der Waals surface area contributed by atoms with Crippen LogP contribution in [-0.2, 0) is 17.9 Å². The van der Waals surface area contributed by atoms with Crippen molar-refractivity contribution in [1.29, 1.82) is 0 Å². The second-order valence-electron chi connectivity index (χ2n) is 7.36. The minimum Gasteiger partial charge on any atom is -0.484 e. The highest BCUT2D eigenvalue weighted by Crippen LogP contribution is 2.15. The number of nitrogens with one attached hydrogen (secondary N) is 1. The van der Waals surface area contributed by atoms with E-state index in [1.165, 1.54) is 12.5 Å². The Morgan fingerprint density at radius 3 is 2.78 bits per heavy atom. The molecule has 1 N–H and O–H groups in total. The molecular formula is C23H22ClN5O3. The zero-order valence-corrected chi connectivity index (χ0v) is 18.2. The van der Waals surface area contributed by atoms with E-state index in [9.17, 15) is 9.59 Å². The Hall–Kier alpha value is -3.65. The average Bonchev–Trinajstić information content (AvgIpc) is 3.19. The monoisotopic (exact) mass is 451 g/mol. The molecule has 8 nitrogen and oxygen atoms in total. The Bertz CT molecular complexity index is 1300. The van der Waals surface area contributed by atoms with Crippen LogP contribution in [0.3, 0.4) is 0 Å². The Labute approximate surface area is 189 Å². The Kier molecular flexibility index (Phi) is 6.51. The number of benzene rings is 2. The van der Waals surface area contributed by atoms with Crippen LogP contribution in [0.5, 0.6) is 5.75 Å². The van der Waals surface area contributed by atoms with Crippen molar-refractivity contribution in [3.05, 3.63) is 87.6 Å². The molecule has 4 aromatic rings. The first-order valence-corrected chi connectivity index (χ1v) is 10.5. The Balaban J connectivity index is 1.34. The van der Waals surface area contributed by atoms with Crippen molar-refractivity contribution in [2.75, 3.05) is 13.2 Å². The first-order valence-electron chi connectivity index (χ1n) is 10.1. The standard InChI is InChI=1S/C23H22ClN5O3/c1-16-3-2-4-17(11-16)13-28-15-26-22-20(23(28)31)12-27-29(22)10-9-25-21(30)14-32-19-7-5-18(24)6-8-19/h2-8,11-12,15H,9-10,13-14H2,1H3,(H,25,30). The molecule has 9 heteroatoms. The number of halogens is 1. The van der Waals surface area contributed by atoms with Crippen LogP contribution >= 0.6 is 11.6 Å². The lowest BCUT2D eigenvalue weighted by atomic mass is 10.1. The molecule has 0 aliphatic rings. The summed E-state index contributed by atoms with van der Waals surface area (Å²) in [5, 5.41) is 8.08. The van der Waals surface area contributed by atoms with Crippen molar-refractivity contribution in [2.24, 2.45) is 0 Å². The molecule has 0 bridgehead atoms. The van der Waals surface area contributed by atoms with Gasteiger partial charge in [-0.05, 0) is 36.8 Å². The number of aryl methyl sites for hydroxylation is 1. The molecule has 164 valence electrons. The van der Waals surface area contributed by atoms with E-state index in [1.54, 1.807) is 33.5 Å². The lowest BCUT2D eigenvalue weighted by Crippen LogP contribution is -2.31. The lowest BCUT2D eigenvalue weighted by Gasteiger charge is -2.09. The third-order valence-corrected chi connectivity index (χ3v) is 5.14. The minimum atomic E-state index is -0.259. The van der Waals surface area contributed by atoms with Gasteiger partial charge in [-0.1, -0.05) is 41.4 Å². The van der Waals surface area contributed by atoms with E-state index in [2.05, 4.69) is 15.4 Å². The van der Waals surface area contributed by atoms with Crippen LogP contribution in [0, 0.1) is 6.92 Å². The van der Waals surface area contributed by atoms with E-state index in [-0.39, 0.29) is 18.1 Å². The van der Waals surface area contributed by atoms with Crippen LogP contribution in [0.4, 0.5) is 0 Å². The maximum atomic E-state index is 12.8. The molecule has 0 saturated heterocycles. The zero-order chi connectivity index (χ0) is 22.5. The van der Waals surface area contributed by atoms with Gasteiger partial charge in [0.2, 0.25) is 0 Å². The number of rotatable bonds is 8. The summed E-state index contributed by atoms with van der Waals surface area (Å²) in [4.78, 5) is 29.3. The molecule has 0 unspecified atom stereocenters. The van der Waals surface area contributed by atoms with Gasteiger partial charge in [0.25, 0.3) is 11.5 Å². The van der Waals surface area contributed by atoms with Crippen molar-refractivity contribution in [2.45, 2.75) is 20.0 Å². The van der Waals surface area contributed by atoms with Crippen LogP contribution in [0.15, 0.2) is 65.8 Å². The summed E-state index contributed by atoms with van der Waals surface area (Å²) in [6.07, 6.45) is 3.05. The topological polar surface area (TPSA) is 91.0 Å². The third kappa shape index (κ3) is 5.15. The van der Waals surface area contributed by atoms with Crippen LogP contribution in [0.1, 0.15) is 11.1 Å². The maximum absolute atomic E-state index is 12.8. The summed E-state index contributed by atoms with van der Waals surface area (Å²) in [6.45, 7) is 3.06. The molecule has 1 amide bonds. The summed E-state index contributed by atoms with van der Waals surface area (Å²) in [5.74, 6) is 0.304. The predicted octanol–water partition coefficient (Wildman–Crippen LogP) is 2.80. The molecule has 0 aliphatic carbocycles. The van der Waals surface area contributed by atoms with Crippen LogP contribution < -0.4 is 15.6 Å². The molecule has 2 aromatic heterocycles. The van der Waals surface area contributed by atoms with Gasteiger partial charge in [0.05, 0.1) is 19.3 Å². The molecule has 4 rings (SSSR count). The third-order valence-electron chi connectivity index (χ3n) is 4.89. The number of ether oxygens (including phenoxy) is 1. The molecule has 0 fully saturated rings. The second kappa shape index (κ2) is 9.65. The van der Waals surface area contributed by atoms with Crippen LogP contribution in [0.2, 0.25) is 5.02 Å². The second-order valence-corrected chi connectivity index (χ2v) is 7.80. The molecule has 0 atom stereocenters. The summed E-state index contributed by atoms with van der Waals surface area (Å²) >= 11 is 5.82. The van der Waals surface area contributed by atoms with E-state index < -0.39 is 0 Å². The molecule has 2 aromatic carbocycles. The quantitative estimate of drug-likeness (QED) is 0.445. The zero-order valence-electron chi connectivity index (χ0n) is 17.5. The minimum absolute atomic E-state index is 0.108. The highest BCUT2D eigenvalue weighted by Gasteiger charge is 2.11. The van der Waals surface area contributed by atoms with E-state index in [0.29, 0.717) is 41.4 Å². The highest BCUT2D eigenvalue weighted by molar-refractivity contribution is 6.30. The fraction of sp³-hybridized carbons (Fsp3) is 0.217. The van der Waals surface area contributed by atoms with Gasteiger partial charge in [-0.15, -0.1) is 0 Å². The van der Waals surface area contributed by atoms with Crippen molar-refractivity contribution < 1.29 is 9.53 Å². The number of carbonyl (C=O) groups is 1. The van der Waals surface area contributed by atoms with E-state index in [1.807, 2.05) is 31.2 Å². The average molecular weight is 452 g/mol. The summed E-state index contributed by atoms with van der Waals surface area (Å²) in [7, 11) is 0. The van der Waals surface area contributed by atoms with E-state index >= 15 is 0 Å². The highest BCUT2D eigenvalue weighted by atomic mass is 35.5. The lowest BCUT2D eigenvalue weighted by molar-refractivity contribution is -0.123. The van der Waals surface area contributed by atoms with Gasteiger partial charge in [-0.2, -0.15) is 5.10 Å². The van der Waals surface area contributed by atoms with Gasteiger partial charge in [-0.3, -0.25) is 14.2 Å². The Morgan fingerprint density at radius 2 is 2.00 bits per heavy atom. The number of aromatic nitrogens is 4. The molecule has 0 aliphatic heterocycles. The number of hydrogen-bond donors (Lipinski definition) is 1. The van der Waals surface area contributed by atoms with E-state index in [4.69, 9.17) is 16.3 Å². The SMILES string of the molecule is Cc1cccc(Cn2cnc3c(cnn3CCNC(=O)COc3ccc(Cl)cc3)c2=O)c1. The molecule has 2 heterocycles. The molecule has 0 spiro atoms.